The summed E-state index contributed by atoms with van der Waals surface area (Å²) in [6.07, 6.45) is 0. The van der Waals surface area contributed by atoms with Gasteiger partial charge < -0.3 is 5.73 Å². The number of hydrogen-bond acceptors (Lipinski definition) is 3. The fourth-order valence-electron chi connectivity index (χ4n) is 0.864. The van der Waals surface area contributed by atoms with Crippen molar-refractivity contribution in [3.8, 4) is 0 Å². The molecule has 1 rings (SSSR count). The normalized spacial score (nSPS) is 9.62. The number of hydrogen-bond donors (Lipinski definition) is 1. The largest absolute Gasteiger partial charge is 0.365 e. The van der Waals surface area contributed by atoms with Gasteiger partial charge in [-0.2, -0.15) is 0 Å². The molecule has 68 valence electrons. The van der Waals surface area contributed by atoms with Gasteiger partial charge in [0, 0.05) is 9.64 Å². The summed E-state index contributed by atoms with van der Waals surface area (Å²) >= 11 is 1.92. The van der Waals surface area contributed by atoms with Crippen molar-refractivity contribution >= 4 is 34.2 Å². The molecule has 0 aliphatic rings. The first-order valence-electron chi connectivity index (χ1n) is 3.26. The van der Waals surface area contributed by atoms with E-state index in [1.54, 1.807) is 6.07 Å². The molecule has 0 saturated carbocycles. The Morgan fingerprint density at radius 3 is 2.62 bits per heavy atom. The van der Waals surface area contributed by atoms with Crippen LogP contribution < -0.4 is 5.73 Å². The van der Waals surface area contributed by atoms with Crippen molar-refractivity contribution in [1.82, 2.24) is 0 Å². The number of rotatable bonds is 2. The summed E-state index contributed by atoms with van der Waals surface area (Å²) in [5, 5.41) is 10.5. The molecule has 0 heterocycles. The fourth-order valence-corrected chi connectivity index (χ4v) is 1.34. The van der Waals surface area contributed by atoms with Crippen LogP contribution in [-0.4, -0.2) is 10.8 Å². The molecule has 0 spiro atoms. The molecule has 0 atom stereocenters. The van der Waals surface area contributed by atoms with Gasteiger partial charge in [-0.15, -0.1) is 0 Å². The molecule has 0 saturated heterocycles. The van der Waals surface area contributed by atoms with Crippen LogP contribution >= 0.6 is 22.6 Å². The highest BCUT2D eigenvalue weighted by molar-refractivity contribution is 14.1. The van der Waals surface area contributed by atoms with Crippen molar-refractivity contribution < 1.29 is 9.72 Å². The summed E-state index contributed by atoms with van der Waals surface area (Å²) in [5.41, 5.74) is 4.64. The second kappa shape index (κ2) is 3.69. The Bertz CT molecular complexity index is 378. The predicted molar refractivity (Wildman–Crippen MR) is 54.3 cm³/mol. The quantitative estimate of drug-likeness (QED) is 0.506. The Kier molecular flexibility index (Phi) is 2.81. The van der Waals surface area contributed by atoms with E-state index in [-0.39, 0.29) is 11.3 Å². The summed E-state index contributed by atoms with van der Waals surface area (Å²) in [4.78, 5) is 20.6. The number of benzene rings is 1. The number of amides is 1. The van der Waals surface area contributed by atoms with E-state index in [4.69, 9.17) is 5.73 Å². The third kappa shape index (κ3) is 2.14. The summed E-state index contributed by atoms with van der Waals surface area (Å²) in [7, 11) is 0. The third-order valence-electron chi connectivity index (χ3n) is 1.42. The third-order valence-corrected chi connectivity index (χ3v) is 2.09. The summed E-state index contributed by atoms with van der Waals surface area (Å²) < 4.78 is 0.689. The Balaban J connectivity index is 3.35. The highest BCUT2D eigenvalue weighted by Crippen LogP contribution is 2.20. The van der Waals surface area contributed by atoms with Crippen LogP contribution in [-0.2, 0) is 0 Å². The molecule has 0 fully saturated rings. The van der Waals surface area contributed by atoms with Crippen molar-refractivity contribution in [1.29, 1.82) is 0 Å². The minimum atomic E-state index is -0.789. The second-order valence-corrected chi connectivity index (χ2v) is 3.53. The van der Waals surface area contributed by atoms with Crippen LogP contribution in [0.25, 0.3) is 0 Å². The number of carbonyl (C=O) groups excluding carboxylic acids is 1. The number of nitrogens with two attached hydrogens (primary N) is 1. The van der Waals surface area contributed by atoms with Gasteiger partial charge in [-0.25, -0.2) is 0 Å². The zero-order valence-electron chi connectivity index (χ0n) is 6.36. The van der Waals surface area contributed by atoms with Crippen molar-refractivity contribution in [2.24, 2.45) is 5.73 Å². The van der Waals surface area contributed by atoms with Crippen LogP contribution in [0.15, 0.2) is 18.2 Å². The first kappa shape index (κ1) is 9.90. The maximum absolute atomic E-state index is 10.8. The smallest absolute Gasteiger partial charge is 0.283 e. The monoisotopic (exact) mass is 292 g/mol. The summed E-state index contributed by atoms with van der Waals surface area (Å²) in [6, 6.07) is 4.25. The Hall–Kier alpha value is -1.18. The number of carbonyl (C=O) groups is 1. The zero-order chi connectivity index (χ0) is 10.0. The van der Waals surface area contributed by atoms with Crippen LogP contribution in [0, 0.1) is 13.7 Å². The topological polar surface area (TPSA) is 86.2 Å². The molecular weight excluding hydrogens is 287 g/mol. The van der Waals surface area contributed by atoms with Gasteiger partial charge in [-0.3, -0.25) is 14.9 Å². The van der Waals surface area contributed by atoms with Gasteiger partial charge in [0.2, 0.25) is 0 Å². The number of nitrogens with zero attached hydrogens (tertiary/aromatic N) is 1. The van der Waals surface area contributed by atoms with Crippen LogP contribution in [0.1, 0.15) is 10.4 Å². The van der Waals surface area contributed by atoms with Gasteiger partial charge in [-0.1, -0.05) is 0 Å². The molecule has 2 N–H and O–H groups in total. The molecule has 5 nitrogen and oxygen atoms in total. The predicted octanol–water partition coefficient (Wildman–Crippen LogP) is 1.30. The first-order chi connectivity index (χ1) is 6.02. The van der Waals surface area contributed by atoms with E-state index in [0.717, 1.165) is 0 Å². The van der Waals surface area contributed by atoms with Crippen molar-refractivity contribution in [3.05, 3.63) is 37.4 Å². The lowest BCUT2D eigenvalue weighted by Crippen LogP contribution is -2.13. The Labute approximate surface area is 87.2 Å². The number of primary amides is 1. The maximum atomic E-state index is 10.8. The van der Waals surface area contributed by atoms with E-state index in [1.165, 1.54) is 12.1 Å². The minimum absolute atomic E-state index is 0.0644. The van der Waals surface area contributed by atoms with Crippen molar-refractivity contribution in [2.45, 2.75) is 0 Å². The molecule has 0 aromatic heterocycles. The van der Waals surface area contributed by atoms with Gasteiger partial charge in [0.25, 0.3) is 11.6 Å². The van der Waals surface area contributed by atoms with Gasteiger partial charge in [0.15, 0.2) is 0 Å². The zero-order valence-corrected chi connectivity index (χ0v) is 8.52. The van der Waals surface area contributed by atoms with E-state index in [0.29, 0.717) is 3.57 Å². The average molecular weight is 292 g/mol. The van der Waals surface area contributed by atoms with Crippen molar-refractivity contribution in [3.63, 3.8) is 0 Å². The lowest BCUT2D eigenvalue weighted by molar-refractivity contribution is -0.385. The van der Waals surface area contributed by atoms with Crippen LogP contribution in [0.2, 0.25) is 0 Å². The standard InChI is InChI=1S/C7H5IN2O3/c8-4-1-2-5(7(9)11)6(3-4)10(12)13/h1-3H,(H2,9,11). The molecule has 6 heteroatoms. The van der Waals surface area contributed by atoms with E-state index in [2.05, 4.69) is 0 Å². The highest BCUT2D eigenvalue weighted by Gasteiger charge is 2.17. The molecule has 0 aliphatic carbocycles. The van der Waals surface area contributed by atoms with E-state index in [9.17, 15) is 14.9 Å². The molecule has 0 unspecified atom stereocenters. The van der Waals surface area contributed by atoms with Crippen LogP contribution in [0.4, 0.5) is 5.69 Å². The number of nitro groups is 1. The molecule has 0 radical (unpaired) electrons. The van der Waals surface area contributed by atoms with Gasteiger partial charge in [0.1, 0.15) is 5.56 Å². The van der Waals surface area contributed by atoms with Crippen molar-refractivity contribution in [2.75, 3.05) is 0 Å². The Morgan fingerprint density at radius 1 is 1.54 bits per heavy atom. The molecule has 0 bridgehead atoms. The maximum Gasteiger partial charge on any atom is 0.283 e. The minimum Gasteiger partial charge on any atom is -0.365 e. The highest BCUT2D eigenvalue weighted by atomic mass is 127. The second-order valence-electron chi connectivity index (χ2n) is 2.28. The molecule has 1 amide bonds. The summed E-state index contributed by atoms with van der Waals surface area (Å²) in [5.74, 6) is -0.789. The average Bonchev–Trinajstić information content (AvgIpc) is 2.03. The molecule has 0 aliphatic heterocycles. The lowest BCUT2D eigenvalue weighted by Gasteiger charge is -1.98. The number of halogens is 1. The van der Waals surface area contributed by atoms with Crippen LogP contribution in [0.5, 0.6) is 0 Å². The van der Waals surface area contributed by atoms with E-state index >= 15 is 0 Å². The van der Waals surface area contributed by atoms with E-state index in [1.807, 2.05) is 22.6 Å². The SMILES string of the molecule is NC(=O)c1ccc(I)cc1[N+](=O)[O-]. The Morgan fingerprint density at radius 2 is 2.15 bits per heavy atom. The van der Waals surface area contributed by atoms with Gasteiger partial charge in [0.05, 0.1) is 4.92 Å². The molecule has 13 heavy (non-hydrogen) atoms. The molecule has 1 aromatic rings. The van der Waals surface area contributed by atoms with Gasteiger partial charge >= 0.3 is 0 Å². The summed E-state index contributed by atoms with van der Waals surface area (Å²) in [6.45, 7) is 0. The molecule has 1 aromatic carbocycles. The number of nitro benzene ring substituents is 1. The molecular formula is C7H5IN2O3. The van der Waals surface area contributed by atoms with E-state index < -0.39 is 10.8 Å². The lowest BCUT2D eigenvalue weighted by atomic mass is 10.2. The fraction of sp³-hybridized carbons (Fsp3) is 0. The van der Waals surface area contributed by atoms with Gasteiger partial charge in [-0.05, 0) is 34.7 Å². The van der Waals surface area contributed by atoms with Crippen LogP contribution in [0.3, 0.4) is 0 Å². The first-order valence-corrected chi connectivity index (χ1v) is 4.34.